The van der Waals surface area contributed by atoms with E-state index in [0.29, 0.717) is 41.0 Å². The van der Waals surface area contributed by atoms with Crippen molar-refractivity contribution in [1.29, 1.82) is 0 Å². The highest BCUT2D eigenvalue weighted by Gasteiger charge is 2.39. The number of halogens is 1. The van der Waals surface area contributed by atoms with Crippen LogP contribution in [0.5, 0.6) is 0 Å². The van der Waals surface area contributed by atoms with E-state index in [1.807, 2.05) is 56.3 Å². The lowest BCUT2D eigenvalue weighted by atomic mass is 10.1. The van der Waals surface area contributed by atoms with Gasteiger partial charge in [0.2, 0.25) is 11.8 Å². The van der Waals surface area contributed by atoms with E-state index in [4.69, 9.17) is 21.3 Å². The van der Waals surface area contributed by atoms with Gasteiger partial charge in [-0.15, -0.1) is 0 Å². The van der Waals surface area contributed by atoms with Gasteiger partial charge in [-0.3, -0.25) is 14.5 Å². The van der Waals surface area contributed by atoms with E-state index in [1.54, 1.807) is 36.1 Å². The van der Waals surface area contributed by atoms with Crippen LogP contribution < -0.4 is 5.32 Å². The molecule has 4 rings (SSSR count). The summed E-state index contributed by atoms with van der Waals surface area (Å²) >= 11 is 7.29. The van der Waals surface area contributed by atoms with Crippen LogP contribution >= 0.6 is 23.4 Å². The van der Waals surface area contributed by atoms with Crippen LogP contribution in [-0.2, 0) is 20.7 Å². The van der Waals surface area contributed by atoms with Crippen LogP contribution in [0.3, 0.4) is 0 Å². The highest BCUT2D eigenvalue weighted by Crippen LogP contribution is 2.32. The molecule has 0 unspecified atom stereocenters. The van der Waals surface area contributed by atoms with E-state index in [1.165, 1.54) is 11.8 Å². The second-order valence-corrected chi connectivity index (χ2v) is 10.8. The number of aryl methyl sites for hydroxylation is 2. The highest BCUT2D eigenvalue weighted by atomic mass is 35.5. The fraction of sp³-hybridized carbons (Fsp3) is 0.267. The summed E-state index contributed by atoms with van der Waals surface area (Å²) in [6.07, 6.45) is 0.626. The number of hydrogen-bond donors (Lipinski definition) is 1. The molecule has 7 nitrogen and oxygen atoms in total. The first kappa shape index (κ1) is 28.4. The van der Waals surface area contributed by atoms with E-state index in [9.17, 15) is 14.4 Å². The Morgan fingerprint density at radius 2 is 1.77 bits per heavy atom. The van der Waals surface area contributed by atoms with Gasteiger partial charge in [0, 0.05) is 23.7 Å². The monoisotopic (exact) mass is 563 g/mol. The van der Waals surface area contributed by atoms with Crippen LogP contribution in [0.4, 0.5) is 11.4 Å². The predicted molar refractivity (Wildman–Crippen MR) is 157 cm³/mol. The molecule has 1 N–H and O–H groups in total. The average molecular weight is 564 g/mol. The summed E-state index contributed by atoms with van der Waals surface area (Å²) in [6.45, 7) is 6.39. The standard InChI is InChI=1S/C30H30ClN3O4S/c1-4-38-29(37)22-8-12-24(13-9-22)32-30-34(16-15-21-6-10-23(31)11-7-21)28(36)26(39-30)18-27(35)33-25-14-5-19(2)17-20(25)3/h5-14,17,26H,4,15-16,18H2,1-3H3,(H,33,35)/t26-/m0/s1. The molecule has 0 aliphatic carbocycles. The largest absolute Gasteiger partial charge is 0.462 e. The van der Waals surface area contributed by atoms with Gasteiger partial charge in [-0.05, 0) is 80.8 Å². The van der Waals surface area contributed by atoms with Gasteiger partial charge in [-0.1, -0.05) is 53.2 Å². The summed E-state index contributed by atoms with van der Waals surface area (Å²) in [5.41, 5.74) is 4.86. The normalized spacial score (nSPS) is 16.0. The minimum atomic E-state index is -0.599. The molecule has 202 valence electrons. The van der Waals surface area contributed by atoms with Gasteiger partial charge in [0.15, 0.2) is 5.17 Å². The molecule has 1 atom stereocenters. The molecule has 1 fully saturated rings. The van der Waals surface area contributed by atoms with Crippen LogP contribution in [0.1, 0.15) is 40.4 Å². The molecule has 1 heterocycles. The zero-order valence-electron chi connectivity index (χ0n) is 22.1. The lowest BCUT2D eigenvalue weighted by Crippen LogP contribution is -2.35. The lowest BCUT2D eigenvalue weighted by molar-refractivity contribution is -0.128. The smallest absolute Gasteiger partial charge is 0.338 e. The summed E-state index contributed by atoms with van der Waals surface area (Å²) < 4.78 is 5.04. The number of nitrogens with zero attached hydrogens (tertiary/aromatic N) is 2. The fourth-order valence-electron chi connectivity index (χ4n) is 4.14. The van der Waals surface area contributed by atoms with Crippen molar-refractivity contribution in [2.75, 3.05) is 18.5 Å². The number of benzene rings is 3. The number of nitrogens with one attached hydrogen (secondary N) is 1. The summed E-state index contributed by atoms with van der Waals surface area (Å²) in [4.78, 5) is 44.7. The molecule has 3 aromatic carbocycles. The quantitative estimate of drug-likeness (QED) is 0.307. The van der Waals surface area contributed by atoms with Crippen LogP contribution in [0, 0.1) is 13.8 Å². The van der Waals surface area contributed by atoms with Crippen molar-refractivity contribution in [3.63, 3.8) is 0 Å². The van der Waals surface area contributed by atoms with Gasteiger partial charge in [0.05, 0.1) is 17.9 Å². The first-order valence-electron chi connectivity index (χ1n) is 12.7. The minimum absolute atomic E-state index is 0.0229. The van der Waals surface area contributed by atoms with Crippen LogP contribution in [0.15, 0.2) is 71.7 Å². The molecule has 9 heteroatoms. The van der Waals surface area contributed by atoms with Gasteiger partial charge >= 0.3 is 5.97 Å². The number of amides is 2. The molecule has 2 amide bonds. The Balaban J connectivity index is 1.52. The van der Waals surface area contributed by atoms with Crippen molar-refractivity contribution in [2.24, 2.45) is 4.99 Å². The molecule has 1 aliphatic rings. The van der Waals surface area contributed by atoms with Gasteiger partial charge in [-0.25, -0.2) is 9.79 Å². The molecule has 0 aromatic heterocycles. The minimum Gasteiger partial charge on any atom is -0.462 e. The van der Waals surface area contributed by atoms with Gasteiger partial charge < -0.3 is 10.1 Å². The van der Waals surface area contributed by atoms with Crippen molar-refractivity contribution in [1.82, 2.24) is 4.90 Å². The number of amidine groups is 1. The van der Waals surface area contributed by atoms with E-state index in [0.717, 1.165) is 22.4 Å². The lowest BCUT2D eigenvalue weighted by Gasteiger charge is -2.17. The molecule has 1 saturated heterocycles. The van der Waals surface area contributed by atoms with Gasteiger partial charge in [-0.2, -0.15) is 0 Å². The maximum atomic E-state index is 13.5. The molecule has 3 aromatic rings. The third-order valence-corrected chi connectivity index (χ3v) is 7.61. The molecule has 0 radical (unpaired) electrons. The van der Waals surface area contributed by atoms with Crippen molar-refractivity contribution in [3.8, 4) is 0 Å². The number of ether oxygens (including phenoxy) is 1. The number of rotatable bonds is 9. The Labute approximate surface area is 237 Å². The van der Waals surface area contributed by atoms with Crippen LogP contribution in [0.2, 0.25) is 5.02 Å². The average Bonchev–Trinajstić information content (AvgIpc) is 3.19. The fourth-order valence-corrected chi connectivity index (χ4v) is 5.45. The molecular formula is C30H30ClN3O4S. The molecule has 0 bridgehead atoms. The third-order valence-electron chi connectivity index (χ3n) is 6.19. The SMILES string of the molecule is CCOC(=O)c1ccc(N=C2S[C@@H](CC(=O)Nc3ccc(C)cc3C)C(=O)N2CCc2ccc(Cl)cc2)cc1. The number of hydrogen-bond acceptors (Lipinski definition) is 6. The van der Waals surface area contributed by atoms with Crippen molar-refractivity contribution < 1.29 is 19.1 Å². The summed E-state index contributed by atoms with van der Waals surface area (Å²) in [5.74, 6) is -0.793. The topological polar surface area (TPSA) is 88.1 Å². The van der Waals surface area contributed by atoms with Gasteiger partial charge in [0.1, 0.15) is 5.25 Å². The van der Waals surface area contributed by atoms with E-state index < -0.39 is 11.2 Å². The molecular weight excluding hydrogens is 534 g/mol. The van der Waals surface area contributed by atoms with Crippen molar-refractivity contribution >= 4 is 57.7 Å². The number of aliphatic imine (C=N–C) groups is 1. The van der Waals surface area contributed by atoms with Gasteiger partial charge in [0.25, 0.3) is 0 Å². The van der Waals surface area contributed by atoms with E-state index in [-0.39, 0.29) is 18.2 Å². The number of carbonyl (C=O) groups excluding carboxylic acids is 3. The first-order valence-corrected chi connectivity index (χ1v) is 13.9. The van der Waals surface area contributed by atoms with Crippen LogP contribution in [0.25, 0.3) is 0 Å². The zero-order valence-corrected chi connectivity index (χ0v) is 23.6. The zero-order chi connectivity index (χ0) is 27.9. The number of anilines is 1. The van der Waals surface area contributed by atoms with Crippen molar-refractivity contribution in [2.45, 2.75) is 38.9 Å². The first-order chi connectivity index (χ1) is 18.7. The number of carbonyl (C=O) groups is 3. The Hall–Kier alpha value is -3.62. The van der Waals surface area contributed by atoms with Crippen molar-refractivity contribution in [3.05, 3.63) is 94.0 Å². The molecule has 1 aliphatic heterocycles. The molecule has 0 saturated carbocycles. The second kappa shape index (κ2) is 13.0. The maximum Gasteiger partial charge on any atom is 0.338 e. The molecule has 0 spiro atoms. The summed E-state index contributed by atoms with van der Waals surface area (Å²) in [6, 6.07) is 20.0. The maximum absolute atomic E-state index is 13.5. The second-order valence-electron chi connectivity index (χ2n) is 9.21. The Kier molecular flexibility index (Phi) is 9.43. The Morgan fingerprint density at radius 1 is 1.05 bits per heavy atom. The highest BCUT2D eigenvalue weighted by molar-refractivity contribution is 8.15. The third kappa shape index (κ3) is 7.49. The molecule has 39 heavy (non-hydrogen) atoms. The van der Waals surface area contributed by atoms with E-state index in [2.05, 4.69) is 5.32 Å². The van der Waals surface area contributed by atoms with E-state index >= 15 is 0 Å². The summed E-state index contributed by atoms with van der Waals surface area (Å²) in [5, 5.41) is 3.50. The Morgan fingerprint density at radius 3 is 2.44 bits per heavy atom. The summed E-state index contributed by atoms with van der Waals surface area (Å²) in [7, 11) is 0. The predicted octanol–water partition coefficient (Wildman–Crippen LogP) is 6.34. The number of thioether (sulfide) groups is 1. The Bertz CT molecular complexity index is 1390. The van der Waals surface area contributed by atoms with Crippen LogP contribution in [-0.4, -0.2) is 46.3 Å². The number of esters is 1.